The number of alkyl halides is 2. The fourth-order valence-electron chi connectivity index (χ4n) is 2.05. The predicted molar refractivity (Wildman–Crippen MR) is 71.7 cm³/mol. The monoisotopic (exact) mass is 265 g/mol. The van der Waals surface area contributed by atoms with Crippen LogP contribution < -0.4 is 5.73 Å². The summed E-state index contributed by atoms with van der Waals surface area (Å²) < 4.78 is 27.8. The molecule has 0 aliphatic heterocycles. The van der Waals surface area contributed by atoms with Gasteiger partial charge in [0.05, 0.1) is 11.4 Å². The quantitative estimate of drug-likeness (QED) is 0.860. The molecular weight excluding hydrogens is 248 g/mol. The standard InChI is InChI=1S/C14H17F2N3/c1-3-10-8-11(4-2)19(18-10)13-6-5-9(17)7-12(13)14(15)16/h5-8,14H,3-4,17H2,1-2H3. The van der Waals surface area contributed by atoms with E-state index in [2.05, 4.69) is 5.10 Å². The average Bonchev–Trinajstić information content (AvgIpc) is 2.81. The van der Waals surface area contributed by atoms with Crippen LogP contribution in [-0.2, 0) is 12.8 Å². The average molecular weight is 265 g/mol. The van der Waals surface area contributed by atoms with Crippen molar-refractivity contribution < 1.29 is 8.78 Å². The molecule has 102 valence electrons. The van der Waals surface area contributed by atoms with Crippen molar-refractivity contribution in [1.29, 1.82) is 0 Å². The van der Waals surface area contributed by atoms with Gasteiger partial charge in [-0.3, -0.25) is 0 Å². The Labute approximate surface area is 111 Å². The van der Waals surface area contributed by atoms with Crippen LogP contribution in [0.1, 0.15) is 37.2 Å². The minimum atomic E-state index is -2.57. The highest BCUT2D eigenvalue weighted by molar-refractivity contribution is 5.52. The summed E-state index contributed by atoms with van der Waals surface area (Å²) >= 11 is 0. The molecule has 5 heteroatoms. The maximum absolute atomic E-state index is 13.1. The topological polar surface area (TPSA) is 43.8 Å². The largest absolute Gasteiger partial charge is 0.399 e. The first kappa shape index (κ1) is 13.5. The fraction of sp³-hybridized carbons (Fsp3) is 0.357. The van der Waals surface area contributed by atoms with Crippen molar-refractivity contribution >= 4 is 5.69 Å². The fourth-order valence-corrected chi connectivity index (χ4v) is 2.05. The zero-order valence-corrected chi connectivity index (χ0v) is 11.0. The van der Waals surface area contributed by atoms with Crippen molar-refractivity contribution in [2.24, 2.45) is 0 Å². The second-order valence-electron chi connectivity index (χ2n) is 4.36. The first-order chi connectivity index (χ1) is 9.06. The normalized spacial score (nSPS) is 11.2. The SMILES string of the molecule is CCc1cc(CC)n(-c2ccc(N)cc2C(F)F)n1. The lowest BCUT2D eigenvalue weighted by atomic mass is 10.1. The van der Waals surface area contributed by atoms with Crippen molar-refractivity contribution in [1.82, 2.24) is 9.78 Å². The third-order valence-electron chi connectivity index (χ3n) is 3.07. The molecule has 2 N–H and O–H groups in total. The molecule has 1 heterocycles. The predicted octanol–water partition coefficient (Wildman–Crippen LogP) is 3.52. The number of rotatable bonds is 4. The number of aromatic nitrogens is 2. The summed E-state index contributed by atoms with van der Waals surface area (Å²) in [6.45, 7) is 3.97. The van der Waals surface area contributed by atoms with E-state index in [1.807, 2.05) is 19.9 Å². The van der Waals surface area contributed by atoms with Crippen molar-refractivity contribution in [3.63, 3.8) is 0 Å². The molecule has 1 aromatic heterocycles. The van der Waals surface area contributed by atoms with E-state index in [4.69, 9.17) is 5.73 Å². The summed E-state index contributed by atoms with van der Waals surface area (Å²) in [7, 11) is 0. The van der Waals surface area contributed by atoms with Crippen LogP contribution in [0.25, 0.3) is 5.69 Å². The highest BCUT2D eigenvalue weighted by Crippen LogP contribution is 2.28. The number of nitrogens with zero attached hydrogens (tertiary/aromatic N) is 2. The number of benzene rings is 1. The lowest BCUT2D eigenvalue weighted by molar-refractivity contribution is 0.151. The number of aryl methyl sites for hydroxylation is 2. The zero-order chi connectivity index (χ0) is 14.0. The first-order valence-corrected chi connectivity index (χ1v) is 6.32. The molecule has 2 rings (SSSR count). The van der Waals surface area contributed by atoms with Crippen LogP contribution >= 0.6 is 0 Å². The lowest BCUT2D eigenvalue weighted by Gasteiger charge is -2.12. The summed E-state index contributed by atoms with van der Waals surface area (Å²) in [6, 6.07) is 6.48. The minimum Gasteiger partial charge on any atom is -0.399 e. The van der Waals surface area contributed by atoms with Crippen LogP contribution in [-0.4, -0.2) is 9.78 Å². The first-order valence-electron chi connectivity index (χ1n) is 6.32. The van der Waals surface area contributed by atoms with Gasteiger partial charge in [0, 0.05) is 16.9 Å². The van der Waals surface area contributed by atoms with E-state index < -0.39 is 6.43 Å². The van der Waals surface area contributed by atoms with E-state index >= 15 is 0 Å². The summed E-state index contributed by atoms with van der Waals surface area (Å²) in [4.78, 5) is 0. The number of nitrogens with two attached hydrogens (primary N) is 1. The lowest BCUT2D eigenvalue weighted by Crippen LogP contribution is -2.06. The molecule has 1 aromatic carbocycles. The molecule has 0 bridgehead atoms. The van der Waals surface area contributed by atoms with Crippen LogP contribution in [0.5, 0.6) is 0 Å². The summed E-state index contributed by atoms with van der Waals surface area (Å²) in [5.41, 5.74) is 8.05. The van der Waals surface area contributed by atoms with Crippen molar-refractivity contribution in [3.8, 4) is 5.69 Å². The molecule has 19 heavy (non-hydrogen) atoms. The summed E-state index contributed by atoms with van der Waals surface area (Å²) in [5, 5.41) is 4.39. The van der Waals surface area contributed by atoms with E-state index in [0.29, 0.717) is 11.4 Å². The molecule has 0 saturated heterocycles. The molecule has 0 amide bonds. The van der Waals surface area contributed by atoms with Gasteiger partial charge in [-0.2, -0.15) is 5.10 Å². The Morgan fingerprint density at radius 3 is 2.53 bits per heavy atom. The summed E-state index contributed by atoms with van der Waals surface area (Å²) in [5.74, 6) is 0. The molecule has 0 aliphatic carbocycles. The number of hydrogen-bond donors (Lipinski definition) is 1. The van der Waals surface area contributed by atoms with Crippen LogP contribution in [0.4, 0.5) is 14.5 Å². The Bertz CT molecular complexity index is 576. The second-order valence-corrected chi connectivity index (χ2v) is 4.36. The maximum Gasteiger partial charge on any atom is 0.266 e. The van der Waals surface area contributed by atoms with Gasteiger partial charge in [0.25, 0.3) is 6.43 Å². The molecule has 0 radical (unpaired) electrons. The Balaban J connectivity index is 2.60. The second kappa shape index (κ2) is 5.38. The molecule has 3 nitrogen and oxygen atoms in total. The molecular formula is C14H17F2N3. The minimum absolute atomic E-state index is 0.0829. The van der Waals surface area contributed by atoms with Crippen LogP contribution in [0.15, 0.2) is 24.3 Å². The van der Waals surface area contributed by atoms with Crippen LogP contribution in [0.3, 0.4) is 0 Å². The van der Waals surface area contributed by atoms with Crippen molar-refractivity contribution in [2.75, 3.05) is 5.73 Å². The third kappa shape index (κ3) is 2.59. The Kier molecular flexibility index (Phi) is 3.83. The van der Waals surface area contributed by atoms with Gasteiger partial charge in [-0.15, -0.1) is 0 Å². The molecule has 2 aromatic rings. The van der Waals surface area contributed by atoms with Crippen LogP contribution in [0, 0.1) is 0 Å². The Hall–Kier alpha value is -1.91. The smallest absolute Gasteiger partial charge is 0.266 e. The molecule has 0 aliphatic rings. The highest BCUT2D eigenvalue weighted by Gasteiger charge is 2.17. The molecule has 0 saturated carbocycles. The number of halogens is 2. The van der Waals surface area contributed by atoms with E-state index in [9.17, 15) is 8.78 Å². The van der Waals surface area contributed by atoms with E-state index in [-0.39, 0.29) is 5.56 Å². The van der Waals surface area contributed by atoms with Gasteiger partial charge in [-0.25, -0.2) is 13.5 Å². The molecule has 0 atom stereocenters. The van der Waals surface area contributed by atoms with Gasteiger partial charge in [-0.1, -0.05) is 13.8 Å². The van der Waals surface area contributed by atoms with Crippen LogP contribution in [0.2, 0.25) is 0 Å². The Morgan fingerprint density at radius 2 is 1.95 bits per heavy atom. The van der Waals surface area contributed by atoms with E-state index in [0.717, 1.165) is 24.2 Å². The van der Waals surface area contributed by atoms with E-state index in [1.165, 1.54) is 6.07 Å². The molecule has 0 fully saturated rings. The molecule has 0 unspecified atom stereocenters. The van der Waals surface area contributed by atoms with Gasteiger partial charge < -0.3 is 5.73 Å². The summed E-state index contributed by atoms with van der Waals surface area (Å²) in [6.07, 6.45) is -1.06. The maximum atomic E-state index is 13.1. The van der Waals surface area contributed by atoms with Crippen molar-refractivity contribution in [2.45, 2.75) is 33.1 Å². The number of nitrogen functional groups attached to an aromatic ring is 1. The van der Waals surface area contributed by atoms with E-state index in [1.54, 1.807) is 16.8 Å². The van der Waals surface area contributed by atoms with Gasteiger partial charge >= 0.3 is 0 Å². The van der Waals surface area contributed by atoms with Crippen molar-refractivity contribution in [3.05, 3.63) is 41.2 Å². The van der Waals surface area contributed by atoms with Gasteiger partial charge in [0.1, 0.15) is 0 Å². The van der Waals surface area contributed by atoms with Gasteiger partial charge in [0.2, 0.25) is 0 Å². The van der Waals surface area contributed by atoms with Gasteiger partial charge in [0.15, 0.2) is 0 Å². The molecule has 0 spiro atoms. The third-order valence-corrected chi connectivity index (χ3v) is 3.07. The highest BCUT2D eigenvalue weighted by atomic mass is 19.3. The van der Waals surface area contributed by atoms with Gasteiger partial charge in [-0.05, 0) is 37.1 Å². The Morgan fingerprint density at radius 1 is 1.21 bits per heavy atom. The number of hydrogen-bond acceptors (Lipinski definition) is 2. The number of anilines is 1. The zero-order valence-electron chi connectivity index (χ0n) is 11.0.